The van der Waals surface area contributed by atoms with Crippen molar-refractivity contribution in [1.29, 1.82) is 0 Å². The van der Waals surface area contributed by atoms with E-state index in [-0.39, 0.29) is 22.9 Å². The van der Waals surface area contributed by atoms with E-state index < -0.39 is 10.0 Å². The van der Waals surface area contributed by atoms with Crippen molar-refractivity contribution in [1.82, 2.24) is 19.4 Å². The average molecular weight is 376 g/mol. The Labute approximate surface area is 154 Å². The van der Waals surface area contributed by atoms with Gasteiger partial charge in [-0.2, -0.15) is 5.10 Å². The molecular formula is C18H24N4O3S. The molecule has 2 aromatic rings. The van der Waals surface area contributed by atoms with Gasteiger partial charge in [0.1, 0.15) is 0 Å². The number of carbonyl (C=O) groups is 1. The molecule has 140 valence electrons. The van der Waals surface area contributed by atoms with Gasteiger partial charge in [0.25, 0.3) is 5.91 Å². The number of hydrogen-bond acceptors (Lipinski definition) is 4. The van der Waals surface area contributed by atoms with Crippen LogP contribution in [0, 0.1) is 0 Å². The van der Waals surface area contributed by atoms with Crippen molar-refractivity contribution in [3.8, 4) is 0 Å². The van der Waals surface area contributed by atoms with Gasteiger partial charge in [-0.3, -0.25) is 9.48 Å². The number of hydrogen-bond donors (Lipinski definition) is 1. The lowest BCUT2D eigenvalue weighted by Crippen LogP contribution is -2.36. The summed E-state index contributed by atoms with van der Waals surface area (Å²) in [5.41, 5.74) is 1.41. The Bertz CT molecular complexity index is 883. The van der Waals surface area contributed by atoms with Crippen LogP contribution in [0.2, 0.25) is 0 Å². The topological polar surface area (TPSA) is 84.3 Å². The number of rotatable bonds is 7. The fourth-order valence-corrected chi connectivity index (χ4v) is 3.98. The first-order chi connectivity index (χ1) is 12.3. The van der Waals surface area contributed by atoms with E-state index >= 15 is 0 Å². The molecule has 0 radical (unpaired) electrons. The van der Waals surface area contributed by atoms with Crippen LogP contribution in [0.25, 0.3) is 0 Å². The van der Waals surface area contributed by atoms with Crippen LogP contribution in [0.3, 0.4) is 0 Å². The molecule has 1 heterocycles. The SMILES string of the molecule is CC(C)N(Cc1cnn(C)c1)C(=O)c1ccc(S(=O)(=O)NC2CC2)cc1. The predicted octanol–water partition coefficient (Wildman–Crippen LogP) is 1.91. The third kappa shape index (κ3) is 4.31. The first-order valence-electron chi connectivity index (χ1n) is 8.67. The van der Waals surface area contributed by atoms with Crippen LogP contribution >= 0.6 is 0 Å². The predicted molar refractivity (Wildman–Crippen MR) is 98.0 cm³/mol. The lowest BCUT2D eigenvalue weighted by atomic mass is 10.1. The van der Waals surface area contributed by atoms with Crippen LogP contribution in [-0.2, 0) is 23.6 Å². The fraction of sp³-hybridized carbons (Fsp3) is 0.444. The highest BCUT2D eigenvalue weighted by Crippen LogP contribution is 2.22. The van der Waals surface area contributed by atoms with E-state index in [2.05, 4.69) is 9.82 Å². The lowest BCUT2D eigenvalue weighted by molar-refractivity contribution is 0.0690. The van der Waals surface area contributed by atoms with Crippen molar-refractivity contribution < 1.29 is 13.2 Å². The number of sulfonamides is 1. The number of amides is 1. The van der Waals surface area contributed by atoms with Gasteiger partial charge in [-0.05, 0) is 51.0 Å². The largest absolute Gasteiger partial charge is 0.332 e. The summed E-state index contributed by atoms with van der Waals surface area (Å²) in [7, 11) is -1.67. The maximum absolute atomic E-state index is 12.9. The summed E-state index contributed by atoms with van der Waals surface area (Å²) < 4.78 is 28.8. The van der Waals surface area contributed by atoms with Crippen LogP contribution in [0.1, 0.15) is 42.6 Å². The van der Waals surface area contributed by atoms with Gasteiger partial charge < -0.3 is 4.90 Å². The summed E-state index contributed by atoms with van der Waals surface area (Å²) in [6, 6.07) is 6.17. The molecule has 1 aliphatic rings. The second-order valence-electron chi connectivity index (χ2n) is 6.97. The van der Waals surface area contributed by atoms with Crippen LogP contribution in [0.15, 0.2) is 41.6 Å². The van der Waals surface area contributed by atoms with Crippen molar-refractivity contribution in [2.24, 2.45) is 7.05 Å². The number of nitrogens with zero attached hydrogens (tertiary/aromatic N) is 3. The number of benzene rings is 1. The van der Waals surface area contributed by atoms with E-state index in [1.165, 1.54) is 12.1 Å². The molecule has 0 unspecified atom stereocenters. The van der Waals surface area contributed by atoms with E-state index in [0.717, 1.165) is 18.4 Å². The maximum atomic E-state index is 12.9. The summed E-state index contributed by atoms with van der Waals surface area (Å²) in [5, 5.41) is 4.13. The minimum Gasteiger partial charge on any atom is -0.332 e. The van der Waals surface area contributed by atoms with E-state index in [0.29, 0.717) is 12.1 Å². The minimum absolute atomic E-state index is 0.00245. The summed E-state index contributed by atoms with van der Waals surface area (Å²) in [5.74, 6) is -0.136. The van der Waals surface area contributed by atoms with Crippen molar-refractivity contribution in [3.63, 3.8) is 0 Å². The standard InChI is InChI=1S/C18H24N4O3S/c1-13(2)22(12-14-10-19-21(3)11-14)18(23)15-4-8-17(9-5-15)26(24,25)20-16-6-7-16/h4-5,8-11,13,16,20H,6-7,12H2,1-3H3. The molecule has 1 N–H and O–H groups in total. The molecular weight excluding hydrogens is 352 g/mol. The molecule has 0 atom stereocenters. The quantitative estimate of drug-likeness (QED) is 0.800. The Morgan fingerprint density at radius 3 is 2.46 bits per heavy atom. The van der Waals surface area contributed by atoms with Gasteiger partial charge in [0.15, 0.2) is 0 Å². The molecule has 1 saturated carbocycles. The van der Waals surface area contributed by atoms with Gasteiger partial charge >= 0.3 is 0 Å². The van der Waals surface area contributed by atoms with Crippen LogP contribution in [0.5, 0.6) is 0 Å². The lowest BCUT2D eigenvalue weighted by Gasteiger charge is -2.26. The average Bonchev–Trinajstić information content (AvgIpc) is 3.30. The number of nitrogens with one attached hydrogen (secondary N) is 1. The molecule has 1 aliphatic carbocycles. The van der Waals surface area contributed by atoms with Crippen LogP contribution in [0.4, 0.5) is 0 Å². The summed E-state index contributed by atoms with van der Waals surface area (Å²) in [4.78, 5) is 14.8. The van der Waals surface area contributed by atoms with Crippen LogP contribution < -0.4 is 4.72 Å². The summed E-state index contributed by atoms with van der Waals surface area (Å²) >= 11 is 0. The highest BCUT2D eigenvalue weighted by Gasteiger charge is 2.28. The molecule has 0 saturated heterocycles. The van der Waals surface area contributed by atoms with E-state index in [1.54, 1.807) is 27.9 Å². The highest BCUT2D eigenvalue weighted by molar-refractivity contribution is 7.89. The highest BCUT2D eigenvalue weighted by atomic mass is 32.2. The third-order valence-corrected chi connectivity index (χ3v) is 5.84. The van der Waals surface area contributed by atoms with Gasteiger partial charge in [-0.15, -0.1) is 0 Å². The molecule has 1 amide bonds. The molecule has 0 aliphatic heterocycles. The molecule has 26 heavy (non-hydrogen) atoms. The Morgan fingerprint density at radius 1 is 1.31 bits per heavy atom. The zero-order valence-electron chi connectivity index (χ0n) is 15.2. The van der Waals surface area contributed by atoms with Crippen molar-refractivity contribution in [3.05, 3.63) is 47.8 Å². The smallest absolute Gasteiger partial charge is 0.254 e. The third-order valence-electron chi connectivity index (χ3n) is 4.31. The number of aryl methyl sites for hydroxylation is 1. The number of aromatic nitrogens is 2. The van der Waals surface area contributed by atoms with Gasteiger partial charge in [0.05, 0.1) is 11.1 Å². The van der Waals surface area contributed by atoms with E-state index in [1.807, 2.05) is 27.1 Å². The van der Waals surface area contributed by atoms with Crippen LogP contribution in [-0.4, -0.2) is 41.1 Å². The fourth-order valence-electron chi connectivity index (χ4n) is 2.67. The molecule has 1 aromatic carbocycles. The minimum atomic E-state index is -3.51. The summed E-state index contributed by atoms with van der Waals surface area (Å²) in [6.07, 6.45) is 5.38. The Balaban J connectivity index is 1.76. The van der Waals surface area contributed by atoms with Gasteiger partial charge in [-0.25, -0.2) is 13.1 Å². The van der Waals surface area contributed by atoms with Gasteiger partial charge in [-0.1, -0.05) is 0 Å². The normalized spacial score (nSPS) is 14.6. The Morgan fingerprint density at radius 2 is 1.96 bits per heavy atom. The second-order valence-corrected chi connectivity index (χ2v) is 8.68. The molecule has 0 spiro atoms. The Kier molecular flexibility index (Phi) is 5.15. The van der Waals surface area contributed by atoms with E-state index in [4.69, 9.17) is 0 Å². The van der Waals surface area contributed by atoms with E-state index in [9.17, 15) is 13.2 Å². The molecule has 0 bridgehead atoms. The first-order valence-corrected chi connectivity index (χ1v) is 10.2. The zero-order chi connectivity index (χ0) is 18.9. The summed E-state index contributed by atoms with van der Waals surface area (Å²) in [6.45, 7) is 4.35. The van der Waals surface area contributed by atoms with Gasteiger partial charge in [0, 0.05) is 43.0 Å². The van der Waals surface area contributed by atoms with Crippen molar-refractivity contribution in [2.45, 2.75) is 50.2 Å². The monoisotopic (exact) mass is 376 g/mol. The molecule has 7 nitrogen and oxygen atoms in total. The zero-order valence-corrected chi connectivity index (χ0v) is 16.0. The number of carbonyl (C=O) groups excluding carboxylic acids is 1. The maximum Gasteiger partial charge on any atom is 0.254 e. The molecule has 8 heteroatoms. The molecule has 1 fully saturated rings. The first kappa shape index (κ1) is 18.6. The molecule has 3 rings (SSSR count). The van der Waals surface area contributed by atoms with Crippen molar-refractivity contribution in [2.75, 3.05) is 0 Å². The molecule has 1 aromatic heterocycles. The second kappa shape index (κ2) is 7.20. The van der Waals surface area contributed by atoms with Gasteiger partial charge in [0.2, 0.25) is 10.0 Å². The van der Waals surface area contributed by atoms with Crippen molar-refractivity contribution >= 4 is 15.9 Å². The Hall–Kier alpha value is -2.19.